The van der Waals surface area contributed by atoms with Gasteiger partial charge in [0.25, 0.3) is 0 Å². The van der Waals surface area contributed by atoms with Crippen molar-refractivity contribution in [2.75, 3.05) is 6.61 Å². The Labute approximate surface area is 145 Å². The molecule has 0 aliphatic rings. The molecule has 6 heteroatoms. The van der Waals surface area contributed by atoms with Gasteiger partial charge in [0.15, 0.2) is 0 Å². The zero-order chi connectivity index (χ0) is 20.5. The summed E-state index contributed by atoms with van der Waals surface area (Å²) in [5, 5.41) is 0.468. The lowest BCUT2D eigenvalue weighted by Crippen LogP contribution is -2.16. The maximum absolute atomic E-state index is 12.2. The summed E-state index contributed by atoms with van der Waals surface area (Å²) in [6.45, 7) is -4.08. The predicted molar refractivity (Wildman–Crippen MR) is 88.4 cm³/mol. The Hall–Kier alpha value is -2.60. The number of halogens is 3. The fourth-order valence-electron chi connectivity index (χ4n) is 2.52. The number of hydrogen-bond donors (Lipinski definition) is 0. The molecule has 1 aromatic heterocycles. The number of fused-ring (bicyclic) bond motifs is 1. The zero-order valence-corrected chi connectivity index (χ0v) is 12.9. The van der Waals surface area contributed by atoms with E-state index in [1.807, 2.05) is 0 Å². The van der Waals surface area contributed by atoms with Crippen LogP contribution in [0.25, 0.3) is 22.1 Å². The fraction of sp³-hybridized carbons (Fsp3) is 0.211. The van der Waals surface area contributed by atoms with Crippen LogP contribution in [0.4, 0.5) is 13.2 Å². The first-order valence-corrected chi connectivity index (χ1v) is 7.36. The van der Waals surface area contributed by atoms with Crippen LogP contribution in [0.2, 0.25) is 0 Å². The minimum absolute atomic E-state index is 0.0829. The molecular weight excluding hydrogens is 333 g/mol. The molecule has 0 aliphatic heterocycles. The van der Waals surface area contributed by atoms with Crippen molar-refractivity contribution >= 4 is 11.0 Å². The number of benzene rings is 2. The monoisotopic (exact) mass is 351 g/mol. The molecule has 0 fully saturated rings. The van der Waals surface area contributed by atoms with Crippen molar-refractivity contribution in [3.05, 3.63) is 70.1 Å². The molecule has 0 N–H and O–H groups in total. The molecule has 0 spiro atoms. The maximum atomic E-state index is 12.2. The van der Waals surface area contributed by atoms with Crippen molar-refractivity contribution in [3.63, 3.8) is 0 Å². The average Bonchev–Trinajstić information content (AvgIpc) is 2.59. The first-order chi connectivity index (χ1) is 13.0. The van der Waals surface area contributed by atoms with E-state index in [0.717, 1.165) is 0 Å². The van der Waals surface area contributed by atoms with Crippen molar-refractivity contribution in [2.45, 2.75) is 19.6 Å². The minimum Gasteiger partial charge on any atom is -0.423 e. The van der Waals surface area contributed by atoms with E-state index in [1.54, 1.807) is 30.3 Å². The second kappa shape index (κ2) is 6.72. The molecule has 1 heterocycles. The van der Waals surface area contributed by atoms with Gasteiger partial charge in [-0.05, 0) is 29.6 Å². The van der Waals surface area contributed by atoms with Gasteiger partial charge in [0.2, 0.25) is 0 Å². The van der Waals surface area contributed by atoms with E-state index in [4.69, 9.17) is 8.53 Å². The third-order valence-electron chi connectivity index (χ3n) is 3.56. The first kappa shape index (κ1) is 13.7. The number of aryl methyl sites for hydroxylation is 1. The highest BCUT2D eigenvalue weighted by molar-refractivity contribution is 5.94. The fourth-order valence-corrected chi connectivity index (χ4v) is 2.52. The standard InChI is InChI=1S/C19H15F3O3/c1-12-4-2-3-5-14(12)16-9-18(23)25-17-8-13(6-7-15(16)17)10-24-11-19(20,21)22/h2-9H,10-11H2,1H3/i1D3. The van der Waals surface area contributed by atoms with E-state index in [-0.39, 0.29) is 17.8 Å². The Bertz CT molecular complexity index is 1060. The number of rotatable bonds is 4. The molecule has 0 bridgehead atoms. The molecular formula is C19H15F3O3. The summed E-state index contributed by atoms with van der Waals surface area (Å²) >= 11 is 0. The second-order valence-corrected chi connectivity index (χ2v) is 5.46. The van der Waals surface area contributed by atoms with E-state index in [2.05, 4.69) is 4.74 Å². The van der Waals surface area contributed by atoms with E-state index in [9.17, 15) is 18.0 Å². The normalized spacial score (nSPS) is 14.1. The van der Waals surface area contributed by atoms with Crippen LogP contribution in [0.3, 0.4) is 0 Å². The van der Waals surface area contributed by atoms with Gasteiger partial charge in [-0.25, -0.2) is 4.79 Å². The van der Waals surface area contributed by atoms with Crippen LogP contribution in [-0.2, 0) is 11.3 Å². The topological polar surface area (TPSA) is 39.4 Å². The quantitative estimate of drug-likeness (QED) is 0.631. The number of alkyl halides is 3. The molecule has 3 nitrogen and oxygen atoms in total. The van der Waals surface area contributed by atoms with Crippen LogP contribution < -0.4 is 5.63 Å². The number of hydrogen-bond acceptors (Lipinski definition) is 3. The van der Waals surface area contributed by atoms with Crippen LogP contribution in [-0.4, -0.2) is 12.8 Å². The molecule has 0 radical (unpaired) electrons. The van der Waals surface area contributed by atoms with Gasteiger partial charge in [0.1, 0.15) is 12.2 Å². The molecule has 0 atom stereocenters. The molecule has 2 aromatic carbocycles. The smallest absolute Gasteiger partial charge is 0.411 e. The first-order valence-electron chi connectivity index (χ1n) is 8.86. The van der Waals surface area contributed by atoms with Gasteiger partial charge < -0.3 is 9.15 Å². The van der Waals surface area contributed by atoms with Crippen LogP contribution in [0.1, 0.15) is 15.2 Å². The van der Waals surface area contributed by atoms with E-state index >= 15 is 0 Å². The molecule has 3 aromatic rings. The Morgan fingerprint density at radius 2 is 1.92 bits per heavy atom. The lowest BCUT2D eigenvalue weighted by molar-refractivity contribution is -0.176. The largest absolute Gasteiger partial charge is 0.423 e. The summed E-state index contributed by atoms with van der Waals surface area (Å²) < 4.78 is 69.5. The van der Waals surface area contributed by atoms with Crippen molar-refractivity contribution in [1.29, 1.82) is 0 Å². The van der Waals surface area contributed by atoms with Gasteiger partial charge in [0, 0.05) is 21.1 Å². The third kappa shape index (κ3) is 4.09. The van der Waals surface area contributed by atoms with Gasteiger partial charge in [-0.1, -0.05) is 36.4 Å². The Morgan fingerprint density at radius 3 is 2.68 bits per heavy atom. The van der Waals surface area contributed by atoms with Crippen LogP contribution >= 0.6 is 0 Å². The zero-order valence-electron chi connectivity index (χ0n) is 15.9. The Morgan fingerprint density at radius 1 is 1.12 bits per heavy atom. The SMILES string of the molecule is [2H]C([2H])([2H])c1ccccc1-c1cc(=O)oc2cc(COCC(F)(F)F)ccc12. The van der Waals surface area contributed by atoms with Crippen molar-refractivity contribution < 1.29 is 26.4 Å². The maximum Gasteiger partial charge on any atom is 0.411 e. The van der Waals surface area contributed by atoms with Crippen molar-refractivity contribution in [2.24, 2.45) is 0 Å². The molecule has 25 heavy (non-hydrogen) atoms. The molecule has 0 amide bonds. The predicted octanol–water partition coefficient (Wildman–Crippen LogP) is 4.85. The highest BCUT2D eigenvalue weighted by Gasteiger charge is 2.27. The van der Waals surface area contributed by atoms with Gasteiger partial charge in [0.05, 0.1) is 6.61 Å². The molecule has 0 saturated heterocycles. The summed E-state index contributed by atoms with van der Waals surface area (Å²) in [4.78, 5) is 12.0. The Kier molecular flexibility index (Phi) is 3.67. The van der Waals surface area contributed by atoms with E-state index < -0.39 is 25.3 Å². The van der Waals surface area contributed by atoms with Gasteiger partial charge in [-0.15, -0.1) is 0 Å². The molecule has 130 valence electrons. The summed E-state index contributed by atoms with van der Waals surface area (Å²) in [6.07, 6.45) is -4.43. The summed E-state index contributed by atoms with van der Waals surface area (Å²) in [5.74, 6) is 0. The summed E-state index contributed by atoms with van der Waals surface area (Å²) in [7, 11) is 0. The lowest BCUT2D eigenvalue weighted by atomic mass is 9.97. The average molecular weight is 351 g/mol. The van der Waals surface area contributed by atoms with Gasteiger partial charge in [-0.3, -0.25) is 0 Å². The lowest BCUT2D eigenvalue weighted by Gasteiger charge is -2.10. The second-order valence-electron chi connectivity index (χ2n) is 5.46. The summed E-state index contributed by atoms with van der Waals surface area (Å²) in [5.41, 5.74) is 0.648. The number of ether oxygens (including phenoxy) is 1. The molecule has 3 rings (SSSR count). The van der Waals surface area contributed by atoms with Gasteiger partial charge in [-0.2, -0.15) is 13.2 Å². The van der Waals surface area contributed by atoms with Crippen LogP contribution in [0.15, 0.2) is 57.7 Å². The third-order valence-corrected chi connectivity index (χ3v) is 3.56. The minimum atomic E-state index is -4.43. The molecule has 0 saturated carbocycles. The van der Waals surface area contributed by atoms with E-state index in [1.165, 1.54) is 18.2 Å². The van der Waals surface area contributed by atoms with E-state index in [0.29, 0.717) is 22.1 Å². The highest BCUT2D eigenvalue weighted by Crippen LogP contribution is 2.30. The van der Waals surface area contributed by atoms with Crippen molar-refractivity contribution in [3.8, 4) is 11.1 Å². The van der Waals surface area contributed by atoms with Crippen LogP contribution in [0.5, 0.6) is 0 Å². The molecule has 0 unspecified atom stereocenters. The highest BCUT2D eigenvalue weighted by atomic mass is 19.4. The molecule has 0 aliphatic carbocycles. The van der Waals surface area contributed by atoms with Crippen LogP contribution in [0, 0.1) is 6.85 Å². The van der Waals surface area contributed by atoms with Crippen molar-refractivity contribution in [1.82, 2.24) is 0 Å². The van der Waals surface area contributed by atoms with Gasteiger partial charge >= 0.3 is 11.8 Å². The summed E-state index contributed by atoms with van der Waals surface area (Å²) in [6, 6.07) is 12.0. The Balaban J connectivity index is 2.05.